The first-order valence-corrected chi connectivity index (χ1v) is 7.64. The Morgan fingerprint density at radius 3 is 2.71 bits per heavy atom. The van der Waals surface area contributed by atoms with Gasteiger partial charge in [-0.05, 0) is 30.3 Å². The van der Waals surface area contributed by atoms with Gasteiger partial charge in [0.25, 0.3) is 5.91 Å². The molecule has 24 heavy (non-hydrogen) atoms. The molecule has 1 amide bonds. The van der Waals surface area contributed by atoms with Gasteiger partial charge in [0.2, 0.25) is 5.95 Å². The molecule has 7 nitrogen and oxygen atoms in total. The molecule has 5 N–H and O–H groups in total. The average molecular weight is 324 g/mol. The van der Waals surface area contributed by atoms with Gasteiger partial charge in [0.15, 0.2) is 0 Å². The van der Waals surface area contributed by atoms with Gasteiger partial charge in [0.05, 0.1) is 11.0 Å². The molecule has 1 aromatic heterocycles. The maximum atomic E-state index is 12.5. The maximum absolute atomic E-state index is 12.5. The predicted molar refractivity (Wildman–Crippen MR) is 95.5 cm³/mol. The summed E-state index contributed by atoms with van der Waals surface area (Å²) >= 11 is 0. The van der Waals surface area contributed by atoms with Crippen molar-refractivity contribution in [2.45, 2.75) is 6.54 Å². The molecule has 0 unspecified atom stereocenters. The number of imidazole rings is 1. The van der Waals surface area contributed by atoms with E-state index in [1.165, 1.54) is 0 Å². The number of hydrazine groups is 1. The van der Waals surface area contributed by atoms with Crippen LogP contribution in [0, 0.1) is 0 Å². The fraction of sp³-hybridized carbons (Fsp3) is 0.176. The van der Waals surface area contributed by atoms with Crippen LogP contribution < -0.4 is 21.9 Å². The van der Waals surface area contributed by atoms with Gasteiger partial charge in [-0.15, -0.1) is 0 Å². The van der Waals surface area contributed by atoms with Crippen molar-refractivity contribution in [1.29, 1.82) is 0 Å². The number of carbonyl (C=O) groups is 1. The SMILES string of the molecule is CN(C(=O)c1ccccc1)c1ccc2c(c1)nc(N)n2CCNN. The van der Waals surface area contributed by atoms with E-state index in [4.69, 9.17) is 11.6 Å². The number of fused-ring (bicyclic) bond motifs is 1. The summed E-state index contributed by atoms with van der Waals surface area (Å²) in [5.41, 5.74) is 11.6. The minimum absolute atomic E-state index is 0.0744. The number of nitrogens with two attached hydrogens (primary N) is 2. The second kappa shape index (κ2) is 6.69. The molecular weight excluding hydrogens is 304 g/mol. The normalized spacial score (nSPS) is 10.9. The van der Waals surface area contributed by atoms with Crippen molar-refractivity contribution in [2.24, 2.45) is 5.84 Å². The largest absolute Gasteiger partial charge is 0.369 e. The first-order chi connectivity index (χ1) is 11.6. The predicted octanol–water partition coefficient (Wildman–Crippen LogP) is 1.36. The van der Waals surface area contributed by atoms with Crippen molar-refractivity contribution >= 4 is 28.6 Å². The molecule has 2 aromatic carbocycles. The van der Waals surface area contributed by atoms with E-state index in [1.54, 1.807) is 24.1 Å². The molecule has 0 spiro atoms. The number of nitrogen functional groups attached to an aromatic ring is 1. The Balaban J connectivity index is 1.92. The van der Waals surface area contributed by atoms with Crippen LogP contribution in [0.2, 0.25) is 0 Å². The van der Waals surface area contributed by atoms with Gasteiger partial charge in [-0.1, -0.05) is 18.2 Å². The van der Waals surface area contributed by atoms with Crippen molar-refractivity contribution in [1.82, 2.24) is 15.0 Å². The van der Waals surface area contributed by atoms with Crippen LogP contribution in [0.1, 0.15) is 10.4 Å². The van der Waals surface area contributed by atoms with E-state index < -0.39 is 0 Å². The summed E-state index contributed by atoms with van der Waals surface area (Å²) in [5.74, 6) is 5.67. The molecule has 0 atom stereocenters. The molecule has 0 bridgehead atoms. The molecule has 0 saturated heterocycles. The van der Waals surface area contributed by atoms with E-state index in [1.807, 2.05) is 41.0 Å². The summed E-state index contributed by atoms with van der Waals surface area (Å²) in [7, 11) is 1.75. The van der Waals surface area contributed by atoms with Gasteiger partial charge in [-0.3, -0.25) is 16.1 Å². The smallest absolute Gasteiger partial charge is 0.258 e. The van der Waals surface area contributed by atoms with Crippen LogP contribution >= 0.6 is 0 Å². The lowest BCUT2D eigenvalue weighted by molar-refractivity contribution is 0.0993. The van der Waals surface area contributed by atoms with Crippen LogP contribution in [0.5, 0.6) is 0 Å². The first kappa shape index (κ1) is 16.0. The minimum Gasteiger partial charge on any atom is -0.369 e. The van der Waals surface area contributed by atoms with Gasteiger partial charge in [-0.2, -0.15) is 0 Å². The van der Waals surface area contributed by atoms with Crippen LogP contribution in [0.25, 0.3) is 11.0 Å². The summed E-state index contributed by atoms with van der Waals surface area (Å²) in [6, 6.07) is 14.8. The summed E-state index contributed by atoms with van der Waals surface area (Å²) in [6.07, 6.45) is 0. The molecule has 0 aliphatic carbocycles. The van der Waals surface area contributed by atoms with Crippen LogP contribution in [-0.4, -0.2) is 29.1 Å². The molecule has 1 heterocycles. The Morgan fingerprint density at radius 1 is 1.25 bits per heavy atom. The molecular formula is C17H20N6O. The van der Waals surface area contributed by atoms with Gasteiger partial charge in [-0.25, -0.2) is 4.98 Å². The molecule has 0 aliphatic rings. The molecule has 0 saturated carbocycles. The van der Waals surface area contributed by atoms with E-state index in [0.29, 0.717) is 24.6 Å². The van der Waals surface area contributed by atoms with Crippen LogP contribution in [0.3, 0.4) is 0 Å². The monoisotopic (exact) mass is 324 g/mol. The minimum atomic E-state index is -0.0744. The second-order valence-corrected chi connectivity index (χ2v) is 5.48. The van der Waals surface area contributed by atoms with Gasteiger partial charge in [0.1, 0.15) is 0 Å². The van der Waals surface area contributed by atoms with E-state index >= 15 is 0 Å². The lowest BCUT2D eigenvalue weighted by Gasteiger charge is -2.17. The number of nitrogens with zero attached hydrogens (tertiary/aromatic N) is 3. The highest BCUT2D eigenvalue weighted by Crippen LogP contribution is 2.24. The van der Waals surface area contributed by atoms with Crippen LogP contribution in [0.4, 0.5) is 11.6 Å². The topological polar surface area (TPSA) is 102 Å². The number of nitrogens with one attached hydrogen (secondary N) is 1. The lowest BCUT2D eigenvalue weighted by atomic mass is 10.2. The van der Waals surface area contributed by atoms with Gasteiger partial charge >= 0.3 is 0 Å². The summed E-state index contributed by atoms with van der Waals surface area (Å²) in [6.45, 7) is 1.21. The third-order valence-electron chi connectivity index (χ3n) is 3.95. The number of hydrogen-bond donors (Lipinski definition) is 3. The summed E-state index contributed by atoms with van der Waals surface area (Å²) in [5, 5.41) is 0. The molecule has 3 aromatic rings. The van der Waals surface area contributed by atoms with E-state index in [-0.39, 0.29) is 5.91 Å². The third-order valence-corrected chi connectivity index (χ3v) is 3.95. The zero-order chi connectivity index (χ0) is 17.1. The fourth-order valence-electron chi connectivity index (χ4n) is 2.65. The Labute approximate surface area is 139 Å². The number of amides is 1. The Bertz CT molecular complexity index is 858. The standard InChI is InChI=1S/C17H20N6O/c1-22(16(24)12-5-3-2-4-6-12)13-7-8-15-14(11-13)21-17(18)23(15)10-9-20-19/h2-8,11,20H,9-10,19H2,1H3,(H2,18,21). The van der Waals surface area contributed by atoms with Gasteiger partial charge < -0.3 is 15.2 Å². The number of carbonyl (C=O) groups excluding carboxylic acids is 1. The highest BCUT2D eigenvalue weighted by Gasteiger charge is 2.15. The molecule has 124 valence electrons. The number of hydrogen-bond acceptors (Lipinski definition) is 5. The fourth-order valence-corrected chi connectivity index (χ4v) is 2.65. The zero-order valence-electron chi connectivity index (χ0n) is 13.4. The van der Waals surface area contributed by atoms with E-state index in [9.17, 15) is 4.79 Å². The van der Waals surface area contributed by atoms with Crippen molar-refractivity contribution in [3.05, 3.63) is 54.1 Å². The molecule has 0 radical (unpaired) electrons. The van der Waals surface area contributed by atoms with Crippen LogP contribution in [0.15, 0.2) is 48.5 Å². The molecule has 0 fully saturated rings. The Kier molecular flexibility index (Phi) is 4.45. The molecule has 7 heteroatoms. The first-order valence-electron chi connectivity index (χ1n) is 7.64. The highest BCUT2D eigenvalue weighted by atomic mass is 16.2. The third kappa shape index (κ3) is 2.94. The van der Waals surface area contributed by atoms with E-state index in [2.05, 4.69) is 10.4 Å². The Hall–Kier alpha value is -2.90. The van der Waals surface area contributed by atoms with Crippen molar-refractivity contribution in [3.63, 3.8) is 0 Å². The van der Waals surface area contributed by atoms with Crippen molar-refractivity contribution < 1.29 is 4.79 Å². The van der Waals surface area contributed by atoms with Crippen LogP contribution in [-0.2, 0) is 6.54 Å². The summed E-state index contributed by atoms with van der Waals surface area (Å²) < 4.78 is 1.89. The highest BCUT2D eigenvalue weighted by molar-refractivity contribution is 6.06. The number of benzene rings is 2. The molecule has 3 rings (SSSR count). The maximum Gasteiger partial charge on any atom is 0.258 e. The molecule has 0 aliphatic heterocycles. The zero-order valence-corrected chi connectivity index (χ0v) is 13.4. The van der Waals surface area contributed by atoms with Crippen molar-refractivity contribution in [3.8, 4) is 0 Å². The summed E-state index contributed by atoms with van der Waals surface area (Å²) in [4.78, 5) is 18.5. The van der Waals surface area contributed by atoms with E-state index in [0.717, 1.165) is 16.7 Å². The quantitative estimate of drug-likeness (QED) is 0.486. The second-order valence-electron chi connectivity index (χ2n) is 5.48. The lowest BCUT2D eigenvalue weighted by Crippen LogP contribution is -2.26. The van der Waals surface area contributed by atoms with Gasteiger partial charge in [0, 0.05) is 31.4 Å². The van der Waals surface area contributed by atoms with Crippen molar-refractivity contribution in [2.75, 3.05) is 24.2 Å². The number of rotatable bonds is 5. The Morgan fingerprint density at radius 2 is 2.00 bits per heavy atom. The number of aromatic nitrogens is 2. The number of anilines is 2. The average Bonchev–Trinajstić information content (AvgIpc) is 2.93.